The van der Waals surface area contributed by atoms with Gasteiger partial charge in [0.25, 0.3) is 5.56 Å². The summed E-state index contributed by atoms with van der Waals surface area (Å²) < 4.78 is 1.34. The third kappa shape index (κ3) is 1.28. The van der Waals surface area contributed by atoms with E-state index in [0.717, 1.165) is 10.6 Å². The average molecular weight is 217 g/mol. The molecule has 3 aromatic heterocycles. The molecule has 0 aliphatic heterocycles. The van der Waals surface area contributed by atoms with Gasteiger partial charge in [-0.2, -0.15) is 9.61 Å². The van der Waals surface area contributed by atoms with Gasteiger partial charge in [0.1, 0.15) is 5.65 Å². The van der Waals surface area contributed by atoms with Crippen LogP contribution in [0.5, 0.6) is 0 Å². The maximum atomic E-state index is 11.6. The van der Waals surface area contributed by atoms with E-state index in [-0.39, 0.29) is 5.56 Å². The molecule has 0 fully saturated rings. The second kappa shape index (κ2) is 3.06. The first kappa shape index (κ1) is 8.43. The number of rotatable bonds is 1. The number of thiophene rings is 1. The summed E-state index contributed by atoms with van der Waals surface area (Å²) in [5.74, 6) is 0. The Kier molecular flexibility index (Phi) is 1.72. The van der Waals surface area contributed by atoms with E-state index in [9.17, 15) is 4.79 Å². The standard InChI is InChI=1S/C10H7N3OS/c14-10-6-7(8-2-1-5-15-8)12-9-3-4-11-13(9)10/h1-6,12H. The van der Waals surface area contributed by atoms with E-state index in [1.807, 2.05) is 17.5 Å². The molecular weight excluding hydrogens is 210 g/mol. The van der Waals surface area contributed by atoms with E-state index < -0.39 is 0 Å². The van der Waals surface area contributed by atoms with Crippen LogP contribution in [-0.4, -0.2) is 14.6 Å². The van der Waals surface area contributed by atoms with Gasteiger partial charge in [-0.15, -0.1) is 11.3 Å². The zero-order valence-electron chi connectivity index (χ0n) is 7.68. The van der Waals surface area contributed by atoms with Crippen LogP contribution in [-0.2, 0) is 0 Å². The van der Waals surface area contributed by atoms with E-state index in [0.29, 0.717) is 5.65 Å². The Bertz CT molecular complexity index is 651. The van der Waals surface area contributed by atoms with Crippen LogP contribution < -0.4 is 5.56 Å². The predicted molar refractivity (Wildman–Crippen MR) is 59.1 cm³/mol. The third-order valence-corrected chi connectivity index (χ3v) is 3.07. The lowest BCUT2D eigenvalue weighted by Crippen LogP contribution is -2.13. The van der Waals surface area contributed by atoms with Gasteiger partial charge in [0.15, 0.2) is 0 Å². The average Bonchev–Trinajstić information content (AvgIpc) is 2.88. The van der Waals surface area contributed by atoms with Crippen molar-refractivity contribution in [1.82, 2.24) is 14.6 Å². The van der Waals surface area contributed by atoms with Crippen molar-refractivity contribution < 1.29 is 0 Å². The molecule has 0 aliphatic rings. The zero-order valence-corrected chi connectivity index (χ0v) is 8.49. The smallest absolute Gasteiger partial charge is 0.274 e. The summed E-state index contributed by atoms with van der Waals surface area (Å²) in [4.78, 5) is 15.9. The highest BCUT2D eigenvalue weighted by atomic mass is 32.1. The van der Waals surface area contributed by atoms with E-state index in [1.165, 1.54) is 4.52 Å². The van der Waals surface area contributed by atoms with Crippen LogP contribution in [0.25, 0.3) is 16.2 Å². The second-order valence-corrected chi connectivity index (χ2v) is 4.07. The van der Waals surface area contributed by atoms with Gasteiger partial charge in [0.05, 0.1) is 16.8 Å². The first-order valence-electron chi connectivity index (χ1n) is 4.45. The fourth-order valence-electron chi connectivity index (χ4n) is 1.50. The first-order chi connectivity index (χ1) is 7.34. The maximum Gasteiger partial charge on any atom is 0.274 e. The summed E-state index contributed by atoms with van der Waals surface area (Å²) in [6.45, 7) is 0. The Morgan fingerprint density at radius 2 is 2.33 bits per heavy atom. The normalized spacial score (nSPS) is 10.9. The molecular formula is C10H7N3OS. The Morgan fingerprint density at radius 3 is 3.13 bits per heavy atom. The molecule has 0 unspecified atom stereocenters. The van der Waals surface area contributed by atoms with Crippen LogP contribution in [0, 0.1) is 0 Å². The van der Waals surface area contributed by atoms with Crippen molar-refractivity contribution in [3.63, 3.8) is 0 Å². The third-order valence-electron chi connectivity index (χ3n) is 2.17. The molecule has 5 heteroatoms. The topological polar surface area (TPSA) is 50.2 Å². The lowest BCUT2D eigenvalue weighted by atomic mass is 10.3. The molecule has 0 aromatic carbocycles. The highest BCUT2D eigenvalue weighted by molar-refractivity contribution is 7.13. The zero-order chi connectivity index (χ0) is 10.3. The van der Waals surface area contributed by atoms with Crippen LogP contribution >= 0.6 is 11.3 Å². The van der Waals surface area contributed by atoms with E-state index in [1.54, 1.807) is 29.7 Å². The molecule has 0 radical (unpaired) electrons. The highest BCUT2D eigenvalue weighted by Gasteiger charge is 2.04. The number of nitrogens with one attached hydrogen (secondary N) is 1. The fraction of sp³-hybridized carbons (Fsp3) is 0. The van der Waals surface area contributed by atoms with Crippen LogP contribution in [0.1, 0.15) is 0 Å². The second-order valence-electron chi connectivity index (χ2n) is 3.13. The van der Waals surface area contributed by atoms with Gasteiger partial charge in [-0.1, -0.05) is 6.07 Å². The van der Waals surface area contributed by atoms with E-state index >= 15 is 0 Å². The van der Waals surface area contributed by atoms with Crippen molar-refractivity contribution in [3.8, 4) is 10.6 Å². The number of fused-ring (bicyclic) bond motifs is 1. The van der Waals surface area contributed by atoms with Crippen LogP contribution in [0.4, 0.5) is 0 Å². The van der Waals surface area contributed by atoms with Gasteiger partial charge >= 0.3 is 0 Å². The Labute approximate surface area is 88.8 Å². The molecule has 0 spiro atoms. The number of nitrogens with zero attached hydrogens (tertiary/aromatic N) is 2. The van der Waals surface area contributed by atoms with Gasteiger partial charge < -0.3 is 4.98 Å². The Hall–Kier alpha value is -1.88. The minimum Gasteiger partial charge on any atom is -0.339 e. The summed E-state index contributed by atoms with van der Waals surface area (Å²) in [6.07, 6.45) is 1.60. The predicted octanol–water partition coefficient (Wildman–Crippen LogP) is 1.75. The molecule has 0 saturated carbocycles. The number of aromatic nitrogens is 3. The molecule has 15 heavy (non-hydrogen) atoms. The van der Waals surface area contributed by atoms with Crippen molar-refractivity contribution in [3.05, 3.63) is 46.2 Å². The Balaban J connectivity index is 2.34. The molecule has 3 rings (SSSR count). The molecule has 3 aromatic rings. The van der Waals surface area contributed by atoms with Crippen molar-refractivity contribution in [2.75, 3.05) is 0 Å². The molecule has 0 bridgehead atoms. The number of hydrogen-bond donors (Lipinski definition) is 1. The highest BCUT2D eigenvalue weighted by Crippen LogP contribution is 2.21. The SMILES string of the molecule is O=c1cc(-c2cccs2)[nH]c2ccnn12. The van der Waals surface area contributed by atoms with Crippen molar-refractivity contribution in [1.29, 1.82) is 0 Å². The summed E-state index contributed by atoms with van der Waals surface area (Å²) >= 11 is 1.60. The van der Waals surface area contributed by atoms with Gasteiger partial charge in [-0.05, 0) is 11.4 Å². The molecule has 0 atom stereocenters. The van der Waals surface area contributed by atoms with Gasteiger partial charge in [0, 0.05) is 12.1 Å². The molecule has 3 heterocycles. The van der Waals surface area contributed by atoms with Gasteiger partial charge in [-0.3, -0.25) is 4.79 Å². The van der Waals surface area contributed by atoms with Gasteiger partial charge in [0.2, 0.25) is 0 Å². The van der Waals surface area contributed by atoms with E-state index in [4.69, 9.17) is 0 Å². The minimum absolute atomic E-state index is 0.114. The summed E-state index contributed by atoms with van der Waals surface area (Å²) in [5.41, 5.74) is 1.44. The summed E-state index contributed by atoms with van der Waals surface area (Å²) in [7, 11) is 0. The van der Waals surface area contributed by atoms with E-state index in [2.05, 4.69) is 10.1 Å². The lowest BCUT2D eigenvalue weighted by molar-refractivity contribution is 0.901. The lowest BCUT2D eigenvalue weighted by Gasteiger charge is -1.98. The molecule has 74 valence electrons. The first-order valence-corrected chi connectivity index (χ1v) is 5.33. The quantitative estimate of drug-likeness (QED) is 0.675. The largest absolute Gasteiger partial charge is 0.339 e. The number of hydrogen-bond acceptors (Lipinski definition) is 3. The van der Waals surface area contributed by atoms with Crippen molar-refractivity contribution >= 4 is 17.0 Å². The summed E-state index contributed by atoms with van der Waals surface area (Å²) in [5, 5.41) is 5.90. The molecule has 0 aliphatic carbocycles. The fourth-order valence-corrected chi connectivity index (χ4v) is 2.19. The molecule has 4 nitrogen and oxygen atoms in total. The molecule has 0 amide bonds. The van der Waals surface area contributed by atoms with Crippen molar-refractivity contribution in [2.45, 2.75) is 0 Å². The Morgan fingerprint density at radius 1 is 1.40 bits per heavy atom. The number of H-pyrrole nitrogens is 1. The summed E-state index contributed by atoms with van der Waals surface area (Å²) in [6, 6.07) is 7.27. The van der Waals surface area contributed by atoms with Crippen LogP contribution in [0.15, 0.2) is 40.6 Å². The van der Waals surface area contributed by atoms with Crippen molar-refractivity contribution in [2.24, 2.45) is 0 Å². The van der Waals surface area contributed by atoms with Crippen LogP contribution in [0.3, 0.4) is 0 Å². The maximum absolute atomic E-state index is 11.6. The minimum atomic E-state index is -0.114. The van der Waals surface area contributed by atoms with Gasteiger partial charge in [-0.25, -0.2) is 0 Å². The molecule has 0 saturated heterocycles. The monoisotopic (exact) mass is 217 g/mol. The number of aromatic amines is 1. The van der Waals surface area contributed by atoms with Crippen LogP contribution in [0.2, 0.25) is 0 Å². The molecule has 1 N–H and O–H groups in total.